The van der Waals surface area contributed by atoms with E-state index in [1.54, 1.807) is 6.92 Å². The molecular weight excluding hydrogens is 212 g/mol. The fourth-order valence-corrected chi connectivity index (χ4v) is 1.22. The number of allylic oxidation sites excluding steroid dienone is 1. The van der Waals surface area contributed by atoms with Crippen LogP contribution in [0.4, 0.5) is 0 Å². The Morgan fingerprint density at radius 1 is 1.12 bits per heavy atom. The minimum Gasteiger partial charge on any atom is -0.396 e. The van der Waals surface area contributed by atoms with Gasteiger partial charge in [-0.05, 0) is 30.9 Å². The molecule has 17 heavy (non-hydrogen) atoms. The number of hydrogen-bond donors (Lipinski definition) is 2. The first-order valence-electron chi connectivity index (χ1n) is 5.92. The van der Waals surface area contributed by atoms with Gasteiger partial charge in [-0.3, -0.25) is 0 Å². The molecule has 0 atom stereocenters. The topological polar surface area (TPSA) is 40.5 Å². The fourth-order valence-electron chi connectivity index (χ4n) is 1.22. The highest BCUT2D eigenvalue weighted by molar-refractivity contribution is 5.04. The second-order valence-corrected chi connectivity index (χ2v) is 5.51. The fraction of sp³-hybridized carbons (Fsp3) is 0.667. The standard InChI is InChI=1S/C15H24O2/c1-5-6-10-15(12-16,13-17)11-8-7-9-14(2,3)4/h8-9,16-17H,10-13H2,1-4H3. The maximum Gasteiger partial charge on any atom is 0.0521 e. The summed E-state index contributed by atoms with van der Waals surface area (Å²) < 4.78 is 0. The molecule has 0 amide bonds. The lowest BCUT2D eigenvalue weighted by atomic mass is 9.83. The predicted octanol–water partition coefficient (Wildman–Crippen LogP) is 2.52. The second kappa shape index (κ2) is 7.35. The summed E-state index contributed by atoms with van der Waals surface area (Å²) in [4.78, 5) is 0. The van der Waals surface area contributed by atoms with E-state index in [1.807, 2.05) is 12.2 Å². The molecule has 0 radical (unpaired) electrons. The van der Waals surface area contributed by atoms with Gasteiger partial charge in [0.15, 0.2) is 0 Å². The van der Waals surface area contributed by atoms with Crippen LogP contribution in [0.1, 0.15) is 40.5 Å². The summed E-state index contributed by atoms with van der Waals surface area (Å²) in [5, 5.41) is 18.8. The molecule has 0 spiro atoms. The first-order valence-corrected chi connectivity index (χ1v) is 5.92. The van der Waals surface area contributed by atoms with Gasteiger partial charge >= 0.3 is 0 Å². The Morgan fingerprint density at radius 2 is 1.71 bits per heavy atom. The van der Waals surface area contributed by atoms with Crippen molar-refractivity contribution < 1.29 is 10.2 Å². The quantitative estimate of drug-likeness (QED) is 0.569. The predicted molar refractivity (Wildman–Crippen MR) is 71.4 cm³/mol. The Kier molecular flexibility index (Phi) is 6.92. The van der Waals surface area contributed by atoms with Crippen LogP contribution >= 0.6 is 0 Å². The van der Waals surface area contributed by atoms with Gasteiger partial charge in [-0.15, -0.1) is 17.6 Å². The minimum absolute atomic E-state index is 0.0636. The van der Waals surface area contributed by atoms with E-state index in [9.17, 15) is 10.2 Å². The Morgan fingerprint density at radius 3 is 2.12 bits per heavy atom. The molecule has 0 rings (SSSR count). The van der Waals surface area contributed by atoms with Gasteiger partial charge in [0.25, 0.3) is 0 Å². The molecule has 0 aromatic heterocycles. The molecule has 0 saturated heterocycles. The van der Waals surface area contributed by atoms with E-state index >= 15 is 0 Å². The van der Waals surface area contributed by atoms with Crippen molar-refractivity contribution >= 4 is 0 Å². The van der Waals surface area contributed by atoms with Crippen molar-refractivity contribution in [1.29, 1.82) is 0 Å². The van der Waals surface area contributed by atoms with Gasteiger partial charge in [-0.25, -0.2) is 0 Å². The minimum atomic E-state index is -0.540. The molecular formula is C15H24O2. The van der Waals surface area contributed by atoms with Crippen molar-refractivity contribution in [3.63, 3.8) is 0 Å². The zero-order valence-electron chi connectivity index (χ0n) is 11.4. The van der Waals surface area contributed by atoms with Crippen LogP contribution in [0.15, 0.2) is 17.9 Å². The van der Waals surface area contributed by atoms with Crippen LogP contribution in [0.5, 0.6) is 0 Å². The van der Waals surface area contributed by atoms with Gasteiger partial charge in [-0.1, -0.05) is 20.8 Å². The lowest BCUT2D eigenvalue weighted by molar-refractivity contribution is 0.0611. The molecule has 0 fully saturated rings. The molecule has 0 heterocycles. The summed E-state index contributed by atoms with van der Waals surface area (Å²) in [6.45, 7) is 7.93. The van der Waals surface area contributed by atoms with E-state index in [1.165, 1.54) is 0 Å². The summed E-state index contributed by atoms with van der Waals surface area (Å²) >= 11 is 0. The molecule has 0 aliphatic carbocycles. The van der Waals surface area contributed by atoms with Crippen LogP contribution in [-0.4, -0.2) is 23.4 Å². The van der Waals surface area contributed by atoms with Crippen LogP contribution in [0.2, 0.25) is 0 Å². The van der Waals surface area contributed by atoms with E-state index in [2.05, 4.69) is 38.3 Å². The first kappa shape index (κ1) is 16.0. The Bertz CT molecular complexity index is 326. The number of aliphatic hydroxyl groups is 2. The van der Waals surface area contributed by atoms with Gasteiger partial charge in [-0.2, -0.15) is 0 Å². The van der Waals surface area contributed by atoms with Gasteiger partial charge in [0.2, 0.25) is 0 Å². The van der Waals surface area contributed by atoms with Crippen LogP contribution in [0.25, 0.3) is 0 Å². The van der Waals surface area contributed by atoms with Crippen LogP contribution < -0.4 is 0 Å². The third-order valence-electron chi connectivity index (χ3n) is 2.48. The Labute approximate surface area is 105 Å². The molecule has 0 aromatic carbocycles. The third kappa shape index (κ3) is 7.02. The van der Waals surface area contributed by atoms with E-state index in [0.717, 1.165) is 0 Å². The molecule has 0 aliphatic heterocycles. The maximum absolute atomic E-state index is 9.38. The highest BCUT2D eigenvalue weighted by Gasteiger charge is 2.26. The summed E-state index contributed by atoms with van der Waals surface area (Å²) in [7, 11) is 0. The maximum atomic E-state index is 9.38. The highest BCUT2D eigenvalue weighted by Crippen LogP contribution is 2.25. The van der Waals surface area contributed by atoms with Gasteiger partial charge in [0.1, 0.15) is 0 Å². The van der Waals surface area contributed by atoms with E-state index in [4.69, 9.17) is 0 Å². The number of aliphatic hydroxyl groups excluding tert-OH is 2. The summed E-state index contributed by atoms with van der Waals surface area (Å²) in [5.74, 6) is 5.71. The Hall–Kier alpha value is -1.00. The van der Waals surface area contributed by atoms with Gasteiger partial charge in [0.05, 0.1) is 13.2 Å². The zero-order chi connectivity index (χ0) is 13.4. The molecule has 0 saturated carbocycles. The van der Waals surface area contributed by atoms with Gasteiger partial charge < -0.3 is 10.2 Å². The van der Waals surface area contributed by atoms with Crippen molar-refractivity contribution in [3.05, 3.63) is 17.9 Å². The third-order valence-corrected chi connectivity index (χ3v) is 2.48. The molecule has 2 N–H and O–H groups in total. The number of hydrogen-bond acceptors (Lipinski definition) is 2. The molecule has 0 aromatic rings. The highest BCUT2D eigenvalue weighted by atomic mass is 16.3. The van der Waals surface area contributed by atoms with Gasteiger partial charge in [0, 0.05) is 11.8 Å². The summed E-state index contributed by atoms with van der Waals surface area (Å²) in [6.07, 6.45) is 4.94. The average Bonchev–Trinajstić information content (AvgIpc) is 2.28. The molecule has 0 bridgehead atoms. The molecule has 0 unspecified atom stereocenters. The smallest absolute Gasteiger partial charge is 0.0521 e. The van der Waals surface area contributed by atoms with Crippen molar-refractivity contribution in [2.24, 2.45) is 10.8 Å². The lowest BCUT2D eigenvalue weighted by Crippen LogP contribution is -2.28. The summed E-state index contributed by atoms with van der Waals surface area (Å²) in [6, 6.07) is 0. The van der Waals surface area contributed by atoms with Crippen molar-refractivity contribution in [2.45, 2.75) is 40.5 Å². The van der Waals surface area contributed by atoms with Crippen LogP contribution in [-0.2, 0) is 0 Å². The zero-order valence-corrected chi connectivity index (χ0v) is 11.4. The molecule has 2 heteroatoms. The lowest BCUT2D eigenvalue weighted by Gasteiger charge is -2.25. The molecule has 96 valence electrons. The average molecular weight is 236 g/mol. The van der Waals surface area contributed by atoms with E-state index in [0.29, 0.717) is 12.8 Å². The summed E-state index contributed by atoms with van der Waals surface area (Å²) in [5.41, 5.74) is 2.66. The second-order valence-electron chi connectivity index (χ2n) is 5.51. The van der Waals surface area contributed by atoms with E-state index < -0.39 is 5.41 Å². The molecule has 2 nitrogen and oxygen atoms in total. The largest absolute Gasteiger partial charge is 0.396 e. The number of rotatable bonds is 5. The van der Waals surface area contributed by atoms with Crippen LogP contribution in [0, 0.1) is 22.7 Å². The Balaban J connectivity index is 4.65. The van der Waals surface area contributed by atoms with Crippen molar-refractivity contribution in [2.75, 3.05) is 13.2 Å². The van der Waals surface area contributed by atoms with E-state index in [-0.39, 0.29) is 18.6 Å². The van der Waals surface area contributed by atoms with Crippen LogP contribution in [0.3, 0.4) is 0 Å². The SMILES string of the molecule is CC#CCC(CO)(CO)CC=C=CC(C)(C)C. The normalized spacial score (nSPS) is 11.2. The monoisotopic (exact) mass is 236 g/mol. The van der Waals surface area contributed by atoms with Crippen molar-refractivity contribution in [1.82, 2.24) is 0 Å². The first-order chi connectivity index (χ1) is 7.89. The van der Waals surface area contributed by atoms with Crippen molar-refractivity contribution in [3.8, 4) is 11.8 Å². The molecule has 0 aliphatic rings.